The first-order valence-electron chi connectivity index (χ1n) is 7.86. The summed E-state index contributed by atoms with van der Waals surface area (Å²) in [6, 6.07) is 9.08. The van der Waals surface area contributed by atoms with Crippen LogP contribution in [0, 0.1) is 24.7 Å². The molecule has 1 nitrogen and oxygen atoms in total. The molecule has 2 rings (SSSR count). The lowest BCUT2D eigenvalue weighted by molar-refractivity contribution is 0.188. The molecule has 1 fully saturated rings. The average molecular weight is 259 g/mol. The van der Waals surface area contributed by atoms with Crippen molar-refractivity contribution in [3.63, 3.8) is 0 Å². The Morgan fingerprint density at radius 2 is 1.74 bits per heavy atom. The van der Waals surface area contributed by atoms with E-state index >= 15 is 0 Å². The largest absolute Gasteiger partial charge is 0.327 e. The van der Waals surface area contributed by atoms with E-state index in [-0.39, 0.29) is 0 Å². The fraction of sp³-hybridized carbons (Fsp3) is 0.667. The van der Waals surface area contributed by atoms with Crippen molar-refractivity contribution in [1.29, 1.82) is 0 Å². The van der Waals surface area contributed by atoms with Crippen LogP contribution in [0.2, 0.25) is 0 Å². The Balaban J connectivity index is 1.87. The summed E-state index contributed by atoms with van der Waals surface area (Å²) < 4.78 is 0. The highest BCUT2D eigenvalue weighted by Gasteiger charge is 2.27. The average Bonchev–Trinajstić information content (AvgIpc) is 2.36. The quantitative estimate of drug-likeness (QED) is 0.856. The molecule has 1 aliphatic carbocycles. The van der Waals surface area contributed by atoms with Gasteiger partial charge in [0.05, 0.1) is 0 Å². The van der Waals surface area contributed by atoms with Crippen LogP contribution in [0.3, 0.4) is 0 Å². The van der Waals surface area contributed by atoms with E-state index in [4.69, 9.17) is 5.73 Å². The van der Waals surface area contributed by atoms with Crippen molar-refractivity contribution >= 4 is 0 Å². The molecule has 0 aromatic heterocycles. The maximum Gasteiger partial charge on any atom is 0.00705 e. The zero-order valence-corrected chi connectivity index (χ0v) is 12.7. The summed E-state index contributed by atoms with van der Waals surface area (Å²) in [6.07, 6.45) is 6.32. The van der Waals surface area contributed by atoms with E-state index in [9.17, 15) is 0 Å². The van der Waals surface area contributed by atoms with Gasteiger partial charge in [0.25, 0.3) is 0 Å². The van der Waals surface area contributed by atoms with Gasteiger partial charge >= 0.3 is 0 Å². The number of aryl methyl sites for hydroxylation is 2. The van der Waals surface area contributed by atoms with Gasteiger partial charge in [-0.3, -0.25) is 0 Å². The van der Waals surface area contributed by atoms with Crippen LogP contribution in [0.25, 0.3) is 0 Å². The van der Waals surface area contributed by atoms with Crippen LogP contribution >= 0.6 is 0 Å². The number of rotatable bonds is 4. The molecule has 3 unspecified atom stereocenters. The van der Waals surface area contributed by atoms with Crippen molar-refractivity contribution in [1.82, 2.24) is 0 Å². The molecular formula is C18H29N. The van der Waals surface area contributed by atoms with Gasteiger partial charge in [0.2, 0.25) is 0 Å². The van der Waals surface area contributed by atoms with E-state index in [0.29, 0.717) is 6.04 Å². The molecule has 0 spiro atoms. The predicted octanol–water partition coefficient (Wildman–Crippen LogP) is 4.33. The molecule has 1 aromatic rings. The van der Waals surface area contributed by atoms with Crippen molar-refractivity contribution in [2.75, 3.05) is 0 Å². The maximum absolute atomic E-state index is 6.47. The van der Waals surface area contributed by atoms with Crippen LogP contribution in [-0.2, 0) is 6.42 Å². The van der Waals surface area contributed by atoms with E-state index < -0.39 is 0 Å². The molecule has 106 valence electrons. The lowest BCUT2D eigenvalue weighted by Crippen LogP contribution is -2.35. The van der Waals surface area contributed by atoms with Crippen molar-refractivity contribution < 1.29 is 0 Å². The molecule has 1 heteroatoms. The first kappa shape index (κ1) is 14.6. The Labute approximate surface area is 118 Å². The highest BCUT2D eigenvalue weighted by atomic mass is 14.7. The SMILES string of the molecule is Cc1ccccc1CCC(N)C1CC(C)CC(C)C1. The third-order valence-electron chi connectivity index (χ3n) is 4.83. The van der Waals surface area contributed by atoms with Crippen LogP contribution in [0.15, 0.2) is 24.3 Å². The maximum atomic E-state index is 6.47. The molecule has 1 aromatic carbocycles. The Hall–Kier alpha value is -0.820. The van der Waals surface area contributed by atoms with Crippen molar-refractivity contribution in [2.45, 2.75) is 58.9 Å². The zero-order chi connectivity index (χ0) is 13.8. The Bertz CT molecular complexity index is 388. The van der Waals surface area contributed by atoms with Crippen LogP contribution < -0.4 is 5.73 Å². The van der Waals surface area contributed by atoms with Gasteiger partial charge in [-0.15, -0.1) is 0 Å². The second-order valence-electron chi connectivity index (χ2n) is 6.81. The topological polar surface area (TPSA) is 26.0 Å². The zero-order valence-electron chi connectivity index (χ0n) is 12.7. The molecular weight excluding hydrogens is 230 g/mol. The highest BCUT2D eigenvalue weighted by Crippen LogP contribution is 2.35. The summed E-state index contributed by atoms with van der Waals surface area (Å²) in [7, 11) is 0. The van der Waals surface area contributed by atoms with E-state index in [1.165, 1.54) is 30.4 Å². The van der Waals surface area contributed by atoms with E-state index in [0.717, 1.165) is 30.6 Å². The molecule has 1 aliphatic rings. The minimum atomic E-state index is 0.379. The minimum Gasteiger partial charge on any atom is -0.327 e. The molecule has 0 saturated heterocycles. The molecule has 19 heavy (non-hydrogen) atoms. The summed E-state index contributed by atoms with van der Waals surface area (Å²) in [6.45, 7) is 6.97. The van der Waals surface area contributed by atoms with Crippen molar-refractivity contribution in [3.05, 3.63) is 35.4 Å². The third-order valence-corrected chi connectivity index (χ3v) is 4.83. The van der Waals surface area contributed by atoms with Gasteiger partial charge in [-0.25, -0.2) is 0 Å². The van der Waals surface area contributed by atoms with Gasteiger partial charge in [0, 0.05) is 6.04 Å². The highest BCUT2D eigenvalue weighted by molar-refractivity contribution is 5.25. The van der Waals surface area contributed by atoms with Gasteiger partial charge in [-0.1, -0.05) is 38.1 Å². The number of nitrogens with two attached hydrogens (primary N) is 1. The van der Waals surface area contributed by atoms with Crippen LogP contribution in [0.5, 0.6) is 0 Å². The summed E-state index contributed by atoms with van der Waals surface area (Å²) in [5, 5.41) is 0. The monoisotopic (exact) mass is 259 g/mol. The standard InChI is InChI=1S/C18H29N/c1-13-10-14(2)12-17(11-13)18(19)9-8-16-7-5-4-6-15(16)3/h4-7,13-14,17-18H,8-12,19H2,1-3H3. The van der Waals surface area contributed by atoms with Gasteiger partial charge in [-0.2, -0.15) is 0 Å². The molecule has 0 radical (unpaired) electrons. The second kappa shape index (κ2) is 6.56. The summed E-state index contributed by atoms with van der Waals surface area (Å²) in [5.41, 5.74) is 9.34. The Morgan fingerprint density at radius 1 is 1.11 bits per heavy atom. The molecule has 3 atom stereocenters. The van der Waals surface area contributed by atoms with E-state index in [1.54, 1.807) is 0 Å². The lowest BCUT2D eigenvalue weighted by Gasteiger charge is -2.35. The van der Waals surface area contributed by atoms with Gasteiger partial charge < -0.3 is 5.73 Å². The molecule has 0 heterocycles. The minimum absolute atomic E-state index is 0.379. The van der Waals surface area contributed by atoms with Gasteiger partial charge in [0.15, 0.2) is 0 Å². The molecule has 0 bridgehead atoms. The number of hydrogen-bond donors (Lipinski definition) is 1. The fourth-order valence-corrected chi connectivity index (χ4v) is 3.81. The second-order valence-corrected chi connectivity index (χ2v) is 6.81. The van der Waals surface area contributed by atoms with Crippen molar-refractivity contribution in [2.24, 2.45) is 23.5 Å². The Kier molecular flexibility index (Phi) is 5.04. The van der Waals surface area contributed by atoms with E-state index in [1.807, 2.05) is 0 Å². The number of hydrogen-bond acceptors (Lipinski definition) is 1. The summed E-state index contributed by atoms with van der Waals surface area (Å²) in [4.78, 5) is 0. The first-order chi connectivity index (χ1) is 9.06. The first-order valence-corrected chi connectivity index (χ1v) is 7.86. The molecule has 0 amide bonds. The van der Waals surface area contributed by atoms with E-state index in [2.05, 4.69) is 45.0 Å². The smallest absolute Gasteiger partial charge is 0.00705 e. The van der Waals surface area contributed by atoms with Crippen molar-refractivity contribution in [3.8, 4) is 0 Å². The van der Waals surface area contributed by atoms with Crippen LogP contribution in [-0.4, -0.2) is 6.04 Å². The molecule has 0 aliphatic heterocycles. The number of benzene rings is 1. The van der Waals surface area contributed by atoms with Gasteiger partial charge in [-0.05, 0) is 67.9 Å². The van der Waals surface area contributed by atoms with Crippen LogP contribution in [0.1, 0.15) is 50.7 Å². The van der Waals surface area contributed by atoms with Gasteiger partial charge in [0.1, 0.15) is 0 Å². The van der Waals surface area contributed by atoms with Crippen LogP contribution in [0.4, 0.5) is 0 Å². The normalized spacial score (nSPS) is 29.2. The molecule has 1 saturated carbocycles. The fourth-order valence-electron chi connectivity index (χ4n) is 3.81. The Morgan fingerprint density at radius 3 is 2.37 bits per heavy atom. The third kappa shape index (κ3) is 4.07. The molecule has 2 N–H and O–H groups in total. The predicted molar refractivity (Wildman–Crippen MR) is 83.1 cm³/mol. The summed E-state index contributed by atoms with van der Waals surface area (Å²) in [5.74, 6) is 2.46. The summed E-state index contributed by atoms with van der Waals surface area (Å²) >= 11 is 0. The lowest BCUT2D eigenvalue weighted by atomic mass is 9.73.